The Morgan fingerprint density at radius 1 is 0.886 bits per heavy atom. The molecule has 0 N–H and O–H groups in total. The molecule has 1 saturated carbocycles. The molecule has 196 valence electrons. The topological polar surface area (TPSA) is 9.72 Å². The molecule has 35 heavy (non-hydrogen) atoms. The predicted molar refractivity (Wildman–Crippen MR) is 162 cm³/mol. The molecule has 3 aliphatic rings. The van der Waals surface area contributed by atoms with Crippen molar-refractivity contribution < 1.29 is 0 Å². The van der Waals surface area contributed by atoms with Crippen LogP contribution in [0.5, 0.6) is 0 Å². The van der Waals surface area contributed by atoms with Crippen LogP contribution in [-0.2, 0) is 0 Å². The molecule has 0 unspecified atom stereocenters. The molecule has 0 radical (unpaired) electrons. The summed E-state index contributed by atoms with van der Waals surface area (Å²) in [5.74, 6) is 2.66. The number of hydrogen-bond donors (Lipinski definition) is 0. The molecule has 1 saturated heterocycles. The number of rotatable bonds is 5. The Balaban J connectivity index is 1.93. The fourth-order valence-corrected chi connectivity index (χ4v) is 21.6. The quantitative estimate of drug-likeness (QED) is 0.262. The third-order valence-corrected chi connectivity index (χ3v) is 20.8. The van der Waals surface area contributed by atoms with Crippen LogP contribution in [0, 0.1) is 11.8 Å². The zero-order valence-electron chi connectivity index (χ0n) is 25.0. The van der Waals surface area contributed by atoms with E-state index in [-0.39, 0.29) is 11.1 Å². The van der Waals surface area contributed by atoms with E-state index in [0.29, 0.717) is 28.6 Å². The second-order valence-corrected chi connectivity index (χ2v) is 22.8. The van der Waals surface area contributed by atoms with Gasteiger partial charge in [0.05, 0.1) is 0 Å². The Bertz CT molecular complexity index is 954. The third kappa shape index (κ3) is 4.56. The number of fused-ring (bicyclic) bond motifs is 2. The number of hydrogen-bond acceptors (Lipinski definition) is 3. The zero-order chi connectivity index (χ0) is 26.2. The van der Waals surface area contributed by atoms with Gasteiger partial charge in [0.25, 0.3) is 0 Å². The molecule has 2 fully saturated rings. The van der Waals surface area contributed by atoms with Crippen LogP contribution < -0.4 is 3.86 Å². The minimum absolute atomic E-state index is 0.210. The van der Waals surface area contributed by atoms with E-state index in [1.165, 1.54) is 19.3 Å². The first-order valence-corrected chi connectivity index (χ1v) is 20.0. The molecule has 2 atom stereocenters. The van der Waals surface area contributed by atoms with Crippen LogP contribution in [0.25, 0.3) is 0 Å². The number of allylic oxidation sites excluding steroid dienone is 2. The fraction of sp³-hybridized carbons (Fsp3) is 0.724. The maximum atomic E-state index is 3.04. The van der Waals surface area contributed by atoms with E-state index in [4.69, 9.17) is 0 Å². The van der Waals surface area contributed by atoms with Crippen LogP contribution >= 0.6 is 8.22 Å². The minimum atomic E-state index is -1.68. The molecule has 0 spiro atoms. The van der Waals surface area contributed by atoms with Gasteiger partial charge in [0.1, 0.15) is 0 Å². The first-order chi connectivity index (χ1) is 16.0. The zero-order valence-corrected chi connectivity index (χ0v) is 31.0. The summed E-state index contributed by atoms with van der Waals surface area (Å²) in [5.41, 5.74) is 6.87. The van der Waals surface area contributed by atoms with Crippen molar-refractivity contribution in [3.8, 4) is 0 Å². The van der Waals surface area contributed by atoms with Gasteiger partial charge < -0.3 is 0 Å². The van der Waals surface area contributed by atoms with Gasteiger partial charge in [-0.05, 0) is 0 Å². The van der Waals surface area contributed by atoms with E-state index < -0.39 is 16.6 Å². The summed E-state index contributed by atoms with van der Waals surface area (Å²) in [6.45, 7) is 29.5. The van der Waals surface area contributed by atoms with E-state index >= 15 is 0 Å². The molecule has 0 amide bonds. The molecular weight excluding hydrogens is 522 g/mol. The van der Waals surface area contributed by atoms with Crippen molar-refractivity contribution in [1.29, 1.82) is 0 Å². The van der Waals surface area contributed by atoms with Crippen LogP contribution in [0.2, 0.25) is 13.1 Å². The Labute approximate surface area is 227 Å². The summed E-state index contributed by atoms with van der Waals surface area (Å²) in [6.07, 6.45) is 4.20. The Kier molecular flexibility index (Phi) is 7.38. The van der Waals surface area contributed by atoms with Gasteiger partial charge in [-0.25, -0.2) is 0 Å². The Morgan fingerprint density at radius 2 is 1.34 bits per heavy atom. The number of benzene rings is 1. The van der Waals surface area contributed by atoms with E-state index in [1.807, 2.05) is 5.31 Å². The van der Waals surface area contributed by atoms with Gasteiger partial charge in [0, 0.05) is 0 Å². The van der Waals surface area contributed by atoms with Crippen molar-refractivity contribution in [1.82, 2.24) is 8.67 Å². The van der Waals surface area contributed by atoms with E-state index in [1.54, 1.807) is 22.5 Å². The molecule has 1 aromatic carbocycles. The molecule has 3 nitrogen and oxygen atoms in total. The maximum absolute atomic E-state index is 3.04. The molecule has 0 aromatic heterocycles. The number of nitrogens with zero attached hydrogens (tertiary/aromatic N) is 3. The number of anilines is 1. The summed E-state index contributed by atoms with van der Waals surface area (Å²) in [5, 5.41) is 1.87. The molecule has 1 heterocycles. The van der Waals surface area contributed by atoms with Gasteiger partial charge in [-0.15, -0.1) is 0 Å². The van der Waals surface area contributed by atoms with Gasteiger partial charge in [0.15, 0.2) is 0 Å². The van der Waals surface area contributed by atoms with E-state index in [0.717, 1.165) is 11.8 Å². The molecular formula is C29H52GeN3PSi. The van der Waals surface area contributed by atoms with Gasteiger partial charge in [-0.3, -0.25) is 0 Å². The van der Waals surface area contributed by atoms with Crippen molar-refractivity contribution in [3.63, 3.8) is 0 Å². The first kappa shape index (κ1) is 27.9. The fourth-order valence-electron chi connectivity index (χ4n) is 7.66. The second kappa shape index (κ2) is 9.26. The standard InChI is InChI=1S/C29H52GeN3PSi/c1-19(2)23-14-13-15-24(20(3)4)26(23)31(30)25-21-16-17-22(18-21)27(25)34-32(28(5,6)7)35(11,12)33(34)29(8,9)10/h13-15,19-22H,16-18H2,1-12,30H3/t21-,22+/m1/s1. The van der Waals surface area contributed by atoms with Crippen molar-refractivity contribution >= 4 is 39.0 Å². The van der Waals surface area contributed by atoms with Gasteiger partial charge in [0.2, 0.25) is 0 Å². The summed E-state index contributed by atoms with van der Waals surface area (Å²) in [4.78, 5) is 0. The first-order valence-electron chi connectivity index (χ1n) is 14.0. The summed E-state index contributed by atoms with van der Waals surface area (Å²) in [6, 6.07) is 7.12. The van der Waals surface area contributed by atoms with Crippen LogP contribution in [0.3, 0.4) is 0 Å². The van der Waals surface area contributed by atoms with Crippen LogP contribution in [0.4, 0.5) is 5.69 Å². The predicted octanol–water partition coefficient (Wildman–Crippen LogP) is 7.89. The van der Waals surface area contributed by atoms with Crippen molar-refractivity contribution in [2.24, 2.45) is 11.8 Å². The summed E-state index contributed by atoms with van der Waals surface area (Å²) in [7, 11) is -2.10. The molecule has 1 aliphatic heterocycles. The average Bonchev–Trinajstić information content (AvgIpc) is 3.30. The van der Waals surface area contributed by atoms with Crippen LogP contribution in [0.15, 0.2) is 29.2 Å². The van der Waals surface area contributed by atoms with Crippen molar-refractivity contribution in [2.75, 3.05) is 3.86 Å². The van der Waals surface area contributed by atoms with E-state index in [9.17, 15) is 0 Å². The second-order valence-electron chi connectivity index (χ2n) is 14.4. The average molecular weight is 574 g/mol. The molecule has 1 aromatic rings. The van der Waals surface area contributed by atoms with Crippen molar-refractivity contribution in [3.05, 3.63) is 40.3 Å². The van der Waals surface area contributed by atoms with Crippen LogP contribution in [-0.4, -0.2) is 44.9 Å². The van der Waals surface area contributed by atoms with Gasteiger partial charge in [-0.1, -0.05) is 0 Å². The normalized spacial score (nSPS) is 25.9. The molecule has 2 bridgehead atoms. The third-order valence-electron chi connectivity index (χ3n) is 8.41. The molecule has 6 heteroatoms. The molecule has 2 aliphatic carbocycles. The summed E-state index contributed by atoms with van der Waals surface area (Å²) < 4.78 is 8.96. The Morgan fingerprint density at radius 3 is 1.77 bits per heavy atom. The Hall–Kier alpha value is -0.130. The monoisotopic (exact) mass is 575 g/mol. The number of para-hydroxylation sites is 1. The van der Waals surface area contributed by atoms with Crippen LogP contribution in [0.1, 0.15) is 111 Å². The van der Waals surface area contributed by atoms with Gasteiger partial charge in [-0.2, -0.15) is 0 Å². The van der Waals surface area contributed by atoms with Crippen molar-refractivity contribution in [2.45, 2.75) is 125 Å². The van der Waals surface area contributed by atoms with Gasteiger partial charge >= 0.3 is 228 Å². The SMILES string of the molecule is CC(C)c1cccc(C(C)C)c1[N]([GeH3])C1=C(P2N(C(C)(C)C)[Si](C)(C)N2C(C)(C)C)[C@H]2CC[C@@H]1C2. The summed E-state index contributed by atoms with van der Waals surface area (Å²) >= 11 is 0.568. The van der Waals surface area contributed by atoms with E-state index in [2.05, 4.69) is 113 Å². The molecule has 4 rings (SSSR count).